The highest BCUT2D eigenvalue weighted by Crippen LogP contribution is 2.00. The lowest BCUT2D eigenvalue weighted by molar-refractivity contribution is -0.219. The average molecular weight is 278 g/mol. The van der Waals surface area contributed by atoms with Crippen molar-refractivity contribution in [2.75, 3.05) is 12.9 Å². The number of carboxylic acids is 1. The predicted octanol–water partition coefficient (Wildman–Crippen LogP) is -2.61. The number of nitrogens with zero attached hydrogens (tertiary/aromatic N) is 1. The zero-order valence-corrected chi connectivity index (χ0v) is 10.9. The van der Waals surface area contributed by atoms with Gasteiger partial charge in [-0.2, -0.15) is 0 Å². The first-order valence-electron chi connectivity index (χ1n) is 5.04. The lowest BCUT2D eigenvalue weighted by Crippen LogP contribution is -2.39. The van der Waals surface area contributed by atoms with E-state index in [1.165, 1.54) is 13.2 Å². The molecule has 0 aromatic carbocycles. The Kier molecular flexibility index (Phi) is 7.13. The van der Waals surface area contributed by atoms with Gasteiger partial charge in [0.1, 0.15) is 11.9 Å². The van der Waals surface area contributed by atoms with Crippen molar-refractivity contribution < 1.29 is 24.0 Å². The maximum absolute atomic E-state index is 11.3. The first kappa shape index (κ1) is 16.5. The van der Waals surface area contributed by atoms with Gasteiger partial charge in [0.25, 0.3) is 0 Å². The Morgan fingerprint density at radius 1 is 1.56 bits per heavy atom. The molecule has 4 N–H and O–H groups in total. The van der Waals surface area contributed by atoms with Gasteiger partial charge in [0.05, 0.1) is 6.04 Å². The molecule has 0 aromatic rings. The van der Waals surface area contributed by atoms with E-state index in [-0.39, 0.29) is 6.67 Å². The number of hydrogen-bond acceptors (Lipinski definition) is 6. The van der Waals surface area contributed by atoms with Gasteiger partial charge in [-0.05, 0) is 12.8 Å². The van der Waals surface area contributed by atoms with Crippen molar-refractivity contribution in [1.82, 2.24) is 5.32 Å². The minimum Gasteiger partial charge on any atom is -0.862 e. The standard InChI is InChI=1S/C9H17N3O5S/c1-5(10)8(14)12-4-11-7(13)3-6(9(15)16)18(2)17/h5-6H,3-4,10H2,1-2H3,(H,11,13)(H,12,14)(H,15,16)/p-1/t5-,6?,18?/m0/s1. The number of nitrogens with one attached hydrogen (secondary N) is 1. The second kappa shape index (κ2) is 7.77. The van der Waals surface area contributed by atoms with Gasteiger partial charge in [-0.3, -0.25) is 18.8 Å². The summed E-state index contributed by atoms with van der Waals surface area (Å²) in [7, 11) is -1.66. The van der Waals surface area contributed by atoms with Crippen LogP contribution < -0.4 is 16.2 Å². The van der Waals surface area contributed by atoms with E-state index in [1.807, 2.05) is 0 Å². The van der Waals surface area contributed by atoms with Gasteiger partial charge >= 0.3 is 5.97 Å². The third-order valence-corrected chi connectivity index (χ3v) is 3.13. The van der Waals surface area contributed by atoms with Crippen LogP contribution in [0.3, 0.4) is 0 Å². The predicted molar refractivity (Wildman–Crippen MR) is 64.2 cm³/mol. The smallest absolute Gasteiger partial charge is 0.319 e. The number of hydrogen-bond donors (Lipinski definition) is 3. The molecule has 0 fully saturated rings. The molecule has 0 aromatic heterocycles. The molecule has 0 aliphatic rings. The van der Waals surface area contributed by atoms with Crippen LogP contribution in [0.25, 0.3) is 0 Å². The van der Waals surface area contributed by atoms with Crippen molar-refractivity contribution in [2.24, 2.45) is 10.7 Å². The Morgan fingerprint density at radius 2 is 2.11 bits per heavy atom. The Bertz CT molecular complexity index is 355. The molecule has 8 nitrogen and oxygen atoms in total. The van der Waals surface area contributed by atoms with Crippen molar-refractivity contribution in [3.05, 3.63) is 0 Å². The zero-order chi connectivity index (χ0) is 14.3. The molecule has 3 atom stereocenters. The molecule has 18 heavy (non-hydrogen) atoms. The highest BCUT2D eigenvalue weighted by molar-refractivity contribution is 7.85. The summed E-state index contributed by atoms with van der Waals surface area (Å²) >= 11 is 0. The Morgan fingerprint density at radius 3 is 2.50 bits per heavy atom. The highest BCUT2D eigenvalue weighted by Gasteiger charge is 2.20. The summed E-state index contributed by atoms with van der Waals surface area (Å²) in [6.45, 7) is 1.19. The highest BCUT2D eigenvalue weighted by atomic mass is 32.2. The molecule has 0 radical (unpaired) electrons. The molecule has 0 heterocycles. The number of aliphatic imine (C=N–C) groups is 1. The quantitative estimate of drug-likeness (QED) is 0.343. The first-order chi connectivity index (χ1) is 8.25. The molecule has 9 heteroatoms. The molecule has 0 saturated carbocycles. The van der Waals surface area contributed by atoms with E-state index in [0.29, 0.717) is 0 Å². The van der Waals surface area contributed by atoms with Crippen LogP contribution in [-0.2, 0) is 20.4 Å². The molecular formula is C9H16N3O5S-. The molecular weight excluding hydrogens is 262 g/mol. The van der Waals surface area contributed by atoms with Gasteiger partial charge in [0.15, 0.2) is 0 Å². The van der Waals surface area contributed by atoms with Crippen molar-refractivity contribution >= 4 is 28.6 Å². The van der Waals surface area contributed by atoms with E-state index in [0.717, 1.165) is 0 Å². The summed E-state index contributed by atoms with van der Waals surface area (Å²) in [5, 5.41) is 21.0. The van der Waals surface area contributed by atoms with Crippen LogP contribution >= 0.6 is 0 Å². The SMILES string of the molecule is C[C@H](N)C(=O)NCN=C([O-])CC(C(=O)O)S(C)=O. The van der Waals surface area contributed by atoms with Gasteiger partial charge in [0.2, 0.25) is 5.91 Å². The van der Waals surface area contributed by atoms with Crippen LogP contribution in [0.1, 0.15) is 13.3 Å². The number of amides is 1. The Hall–Kier alpha value is -1.48. The summed E-state index contributed by atoms with van der Waals surface area (Å²) in [4.78, 5) is 25.1. The van der Waals surface area contributed by atoms with Crippen molar-refractivity contribution in [1.29, 1.82) is 0 Å². The number of nitrogens with two attached hydrogens (primary N) is 1. The second-order valence-corrected chi connectivity index (χ2v) is 5.14. The van der Waals surface area contributed by atoms with Crippen molar-refractivity contribution in [3.8, 4) is 0 Å². The minimum atomic E-state index is -1.66. The topological polar surface area (TPSA) is 145 Å². The van der Waals surface area contributed by atoms with Gasteiger partial charge in [-0.15, -0.1) is 0 Å². The Labute approximate surface area is 107 Å². The fourth-order valence-corrected chi connectivity index (χ4v) is 1.60. The van der Waals surface area contributed by atoms with E-state index >= 15 is 0 Å². The number of carbonyl (C=O) groups excluding carboxylic acids is 1. The third kappa shape index (κ3) is 6.30. The summed E-state index contributed by atoms with van der Waals surface area (Å²) in [5.74, 6) is -2.53. The van der Waals surface area contributed by atoms with Gasteiger partial charge < -0.3 is 21.3 Å². The fourth-order valence-electron chi connectivity index (χ4n) is 0.936. The number of carbonyl (C=O) groups is 2. The average Bonchev–Trinajstić information content (AvgIpc) is 2.24. The van der Waals surface area contributed by atoms with E-state index in [9.17, 15) is 18.9 Å². The van der Waals surface area contributed by atoms with Crippen LogP contribution in [0, 0.1) is 0 Å². The molecule has 0 rings (SSSR count). The lowest BCUT2D eigenvalue weighted by Gasteiger charge is -2.15. The van der Waals surface area contributed by atoms with E-state index < -0.39 is 46.3 Å². The third-order valence-electron chi connectivity index (χ3n) is 1.96. The van der Waals surface area contributed by atoms with Crippen molar-refractivity contribution in [2.45, 2.75) is 24.6 Å². The number of rotatable bonds is 7. The van der Waals surface area contributed by atoms with Crippen LogP contribution in [0.2, 0.25) is 0 Å². The molecule has 0 aliphatic heterocycles. The number of aliphatic carboxylic acids is 1. The van der Waals surface area contributed by atoms with Crippen LogP contribution in [0.4, 0.5) is 0 Å². The van der Waals surface area contributed by atoms with Crippen LogP contribution in [0.5, 0.6) is 0 Å². The zero-order valence-electron chi connectivity index (χ0n) is 10.1. The van der Waals surface area contributed by atoms with Crippen molar-refractivity contribution in [3.63, 3.8) is 0 Å². The maximum Gasteiger partial charge on any atom is 0.319 e. The van der Waals surface area contributed by atoms with E-state index in [4.69, 9.17) is 10.8 Å². The normalized spacial score (nSPS) is 16.7. The van der Waals surface area contributed by atoms with E-state index in [2.05, 4.69) is 10.3 Å². The molecule has 2 unspecified atom stereocenters. The molecule has 0 spiro atoms. The molecule has 104 valence electrons. The van der Waals surface area contributed by atoms with Gasteiger partial charge in [0, 0.05) is 23.5 Å². The van der Waals surface area contributed by atoms with Gasteiger partial charge in [-0.25, -0.2) is 0 Å². The lowest BCUT2D eigenvalue weighted by atomic mass is 10.3. The van der Waals surface area contributed by atoms with Crippen LogP contribution in [-0.4, -0.2) is 51.3 Å². The summed E-state index contributed by atoms with van der Waals surface area (Å²) in [6, 6.07) is -0.717. The Balaban J connectivity index is 4.30. The molecule has 1 amide bonds. The summed E-state index contributed by atoms with van der Waals surface area (Å²) < 4.78 is 11.0. The summed E-state index contributed by atoms with van der Waals surface area (Å²) in [5.41, 5.74) is 5.26. The molecule has 0 saturated heterocycles. The second-order valence-electron chi connectivity index (χ2n) is 3.57. The molecule has 0 aliphatic carbocycles. The fraction of sp³-hybridized carbons (Fsp3) is 0.667. The molecule has 0 bridgehead atoms. The van der Waals surface area contributed by atoms with E-state index in [1.54, 1.807) is 0 Å². The maximum atomic E-state index is 11.3. The number of carboxylic acid groups (broad SMARTS) is 1. The van der Waals surface area contributed by atoms with Crippen LogP contribution in [0.15, 0.2) is 4.99 Å². The monoisotopic (exact) mass is 278 g/mol. The summed E-state index contributed by atoms with van der Waals surface area (Å²) in [6.07, 6.45) is 0.733. The first-order valence-corrected chi connectivity index (χ1v) is 6.66. The largest absolute Gasteiger partial charge is 0.862 e. The minimum absolute atomic E-state index is 0.276. The van der Waals surface area contributed by atoms with Gasteiger partial charge in [-0.1, -0.05) is 0 Å².